The molecule has 2 N–H and O–H groups in total. The molecule has 0 spiro atoms. The molecule has 1 heterocycles. The van der Waals surface area contributed by atoms with Gasteiger partial charge in [-0.05, 0) is 19.3 Å². The molecule has 0 bridgehead atoms. The highest BCUT2D eigenvalue weighted by molar-refractivity contribution is 5.24. The molecule has 0 amide bonds. The van der Waals surface area contributed by atoms with Gasteiger partial charge in [0.15, 0.2) is 0 Å². The monoisotopic (exact) mass is 245 g/mol. The minimum atomic E-state index is -0.937. The Morgan fingerprint density at radius 2 is 1.94 bits per heavy atom. The third-order valence-electron chi connectivity index (χ3n) is 2.96. The van der Waals surface area contributed by atoms with E-state index in [1.165, 1.54) is 0 Å². The number of hydrogen-bond donors (Lipinski definition) is 1. The van der Waals surface area contributed by atoms with E-state index in [-0.39, 0.29) is 11.7 Å². The van der Waals surface area contributed by atoms with Crippen molar-refractivity contribution < 1.29 is 17.9 Å². The van der Waals surface area contributed by atoms with Crippen LogP contribution in [-0.2, 0) is 4.74 Å². The van der Waals surface area contributed by atoms with Crippen molar-refractivity contribution in [2.75, 3.05) is 6.61 Å². The average molecular weight is 245 g/mol. The Morgan fingerprint density at radius 3 is 2.47 bits per heavy atom. The minimum absolute atomic E-state index is 0.0612. The number of benzene rings is 1. The minimum Gasteiger partial charge on any atom is -0.378 e. The maximum atomic E-state index is 13.4. The van der Waals surface area contributed by atoms with Crippen molar-refractivity contribution in [2.45, 2.75) is 31.4 Å². The van der Waals surface area contributed by atoms with Gasteiger partial charge in [0.05, 0.1) is 6.10 Å². The summed E-state index contributed by atoms with van der Waals surface area (Å²) in [5.74, 6) is -2.81. The Bertz CT molecular complexity index is 382. The summed E-state index contributed by atoms with van der Waals surface area (Å²) in [5, 5.41) is 0. The third-order valence-corrected chi connectivity index (χ3v) is 2.96. The third kappa shape index (κ3) is 2.79. The highest BCUT2D eigenvalue weighted by atomic mass is 19.1. The summed E-state index contributed by atoms with van der Waals surface area (Å²) < 4.78 is 45.0. The zero-order chi connectivity index (χ0) is 12.4. The predicted octanol–water partition coefficient (Wildman–Crippen LogP) is 2.67. The Balaban J connectivity index is 2.15. The van der Waals surface area contributed by atoms with Crippen molar-refractivity contribution >= 4 is 0 Å². The highest BCUT2D eigenvalue weighted by Gasteiger charge is 2.24. The van der Waals surface area contributed by atoms with Crippen molar-refractivity contribution in [2.24, 2.45) is 5.73 Å². The summed E-state index contributed by atoms with van der Waals surface area (Å²) in [7, 11) is 0. The van der Waals surface area contributed by atoms with Gasteiger partial charge in [0.2, 0.25) is 0 Å². The Morgan fingerprint density at radius 1 is 1.29 bits per heavy atom. The molecule has 0 aliphatic carbocycles. The van der Waals surface area contributed by atoms with Gasteiger partial charge >= 0.3 is 0 Å². The first-order chi connectivity index (χ1) is 8.08. The molecule has 0 aromatic heterocycles. The van der Waals surface area contributed by atoms with Gasteiger partial charge in [-0.3, -0.25) is 0 Å². The zero-order valence-corrected chi connectivity index (χ0v) is 9.26. The Kier molecular flexibility index (Phi) is 3.69. The van der Waals surface area contributed by atoms with Crippen LogP contribution in [0.25, 0.3) is 0 Å². The Hall–Kier alpha value is -1.07. The van der Waals surface area contributed by atoms with E-state index < -0.39 is 23.5 Å². The molecule has 1 aromatic rings. The van der Waals surface area contributed by atoms with E-state index >= 15 is 0 Å². The molecular weight excluding hydrogens is 231 g/mol. The van der Waals surface area contributed by atoms with Crippen LogP contribution in [0.4, 0.5) is 13.2 Å². The fourth-order valence-corrected chi connectivity index (χ4v) is 2.14. The van der Waals surface area contributed by atoms with Crippen LogP contribution >= 0.6 is 0 Å². The van der Waals surface area contributed by atoms with Crippen LogP contribution in [-0.4, -0.2) is 12.7 Å². The van der Waals surface area contributed by atoms with Crippen LogP contribution in [0.15, 0.2) is 12.1 Å². The smallest absolute Gasteiger partial charge is 0.133 e. The quantitative estimate of drug-likeness (QED) is 0.888. The number of hydrogen-bond acceptors (Lipinski definition) is 2. The summed E-state index contributed by atoms with van der Waals surface area (Å²) in [4.78, 5) is 0. The molecule has 2 rings (SSSR count). The van der Waals surface area contributed by atoms with E-state index in [0.29, 0.717) is 25.2 Å². The SMILES string of the molecule is NC(CC1CCCO1)c1c(F)cc(F)cc1F. The maximum absolute atomic E-state index is 13.4. The summed E-state index contributed by atoms with van der Waals surface area (Å²) in [6.07, 6.45) is 2.07. The first kappa shape index (κ1) is 12.4. The number of nitrogens with two attached hydrogens (primary N) is 1. The molecule has 1 aliphatic rings. The van der Waals surface area contributed by atoms with E-state index in [1.54, 1.807) is 0 Å². The predicted molar refractivity (Wildman–Crippen MR) is 56.8 cm³/mol. The standard InChI is InChI=1S/C12H14F3NO/c13-7-4-9(14)12(10(15)5-7)11(16)6-8-2-1-3-17-8/h4-5,8,11H,1-3,6,16H2. The fourth-order valence-electron chi connectivity index (χ4n) is 2.14. The maximum Gasteiger partial charge on any atom is 0.133 e. The van der Waals surface area contributed by atoms with E-state index in [9.17, 15) is 13.2 Å². The lowest BCUT2D eigenvalue weighted by atomic mass is 9.99. The second-order valence-corrected chi connectivity index (χ2v) is 4.26. The molecule has 1 aliphatic heterocycles. The first-order valence-corrected chi connectivity index (χ1v) is 5.59. The van der Waals surface area contributed by atoms with Crippen LogP contribution in [0.5, 0.6) is 0 Å². The molecule has 1 aromatic carbocycles. The van der Waals surface area contributed by atoms with Crippen molar-refractivity contribution in [3.05, 3.63) is 35.1 Å². The van der Waals surface area contributed by atoms with Crippen LogP contribution in [0.1, 0.15) is 30.9 Å². The molecule has 0 saturated carbocycles. The molecular formula is C12H14F3NO. The van der Waals surface area contributed by atoms with Crippen molar-refractivity contribution in [3.8, 4) is 0 Å². The van der Waals surface area contributed by atoms with Gasteiger partial charge in [-0.1, -0.05) is 0 Å². The van der Waals surface area contributed by atoms with Crippen molar-refractivity contribution in [1.29, 1.82) is 0 Å². The van der Waals surface area contributed by atoms with Gasteiger partial charge in [-0.15, -0.1) is 0 Å². The number of ether oxygens (including phenoxy) is 1. The summed E-state index contributed by atoms with van der Waals surface area (Å²) >= 11 is 0. The van der Waals surface area contributed by atoms with Crippen LogP contribution in [0, 0.1) is 17.5 Å². The molecule has 1 fully saturated rings. The molecule has 5 heteroatoms. The lowest BCUT2D eigenvalue weighted by Crippen LogP contribution is -2.20. The van der Waals surface area contributed by atoms with Crippen LogP contribution in [0.3, 0.4) is 0 Å². The van der Waals surface area contributed by atoms with Gasteiger partial charge in [0.25, 0.3) is 0 Å². The summed E-state index contributed by atoms with van der Waals surface area (Å²) in [6, 6.07) is 0.486. The molecule has 2 atom stereocenters. The lowest BCUT2D eigenvalue weighted by molar-refractivity contribution is 0.0977. The van der Waals surface area contributed by atoms with E-state index in [0.717, 1.165) is 12.8 Å². The topological polar surface area (TPSA) is 35.2 Å². The number of rotatable bonds is 3. The van der Waals surface area contributed by atoms with E-state index in [1.807, 2.05) is 0 Å². The fraction of sp³-hybridized carbons (Fsp3) is 0.500. The van der Waals surface area contributed by atoms with Crippen LogP contribution in [0.2, 0.25) is 0 Å². The van der Waals surface area contributed by atoms with Gasteiger partial charge < -0.3 is 10.5 Å². The molecule has 1 saturated heterocycles. The van der Waals surface area contributed by atoms with Gasteiger partial charge in [0, 0.05) is 30.3 Å². The summed E-state index contributed by atoms with van der Waals surface area (Å²) in [5.41, 5.74) is 5.48. The summed E-state index contributed by atoms with van der Waals surface area (Å²) in [6.45, 7) is 0.659. The number of halogens is 3. The molecule has 0 radical (unpaired) electrons. The average Bonchev–Trinajstić information content (AvgIpc) is 2.68. The zero-order valence-electron chi connectivity index (χ0n) is 9.26. The molecule has 94 valence electrons. The Labute approximate surface area is 97.6 Å². The normalized spacial score (nSPS) is 21.8. The molecule has 17 heavy (non-hydrogen) atoms. The lowest BCUT2D eigenvalue weighted by Gasteiger charge is -2.17. The van der Waals surface area contributed by atoms with Crippen molar-refractivity contribution in [3.63, 3.8) is 0 Å². The van der Waals surface area contributed by atoms with Gasteiger partial charge in [-0.25, -0.2) is 13.2 Å². The molecule has 2 nitrogen and oxygen atoms in total. The largest absolute Gasteiger partial charge is 0.378 e. The van der Waals surface area contributed by atoms with E-state index in [4.69, 9.17) is 10.5 Å². The molecule has 2 unspecified atom stereocenters. The highest BCUT2D eigenvalue weighted by Crippen LogP contribution is 2.27. The first-order valence-electron chi connectivity index (χ1n) is 5.59. The van der Waals surface area contributed by atoms with Gasteiger partial charge in [-0.2, -0.15) is 0 Å². The van der Waals surface area contributed by atoms with Crippen molar-refractivity contribution in [1.82, 2.24) is 0 Å². The van der Waals surface area contributed by atoms with Gasteiger partial charge in [0.1, 0.15) is 17.5 Å². The second kappa shape index (κ2) is 5.06. The van der Waals surface area contributed by atoms with Crippen LogP contribution < -0.4 is 5.73 Å². The second-order valence-electron chi connectivity index (χ2n) is 4.26. The van der Waals surface area contributed by atoms with E-state index in [2.05, 4.69) is 0 Å².